The Balaban J connectivity index is 1.76. The first-order valence-corrected chi connectivity index (χ1v) is 7.72. The molecule has 1 atom stereocenters. The van der Waals surface area contributed by atoms with E-state index in [9.17, 15) is 5.11 Å². The van der Waals surface area contributed by atoms with Gasteiger partial charge in [0.25, 0.3) is 0 Å². The quantitative estimate of drug-likeness (QED) is 0.903. The third-order valence-corrected chi connectivity index (χ3v) is 4.21. The molecule has 110 valence electrons. The van der Waals surface area contributed by atoms with Crippen molar-refractivity contribution < 1.29 is 9.84 Å². The fraction of sp³-hybridized carbons (Fsp3) is 0.333. The monoisotopic (exact) mass is 302 g/mol. The Morgan fingerprint density at radius 2 is 1.95 bits per heavy atom. The molecule has 0 aliphatic heterocycles. The van der Waals surface area contributed by atoms with Gasteiger partial charge in [-0.1, -0.05) is 29.8 Å². The molecular weight excluding hydrogens is 284 g/mol. The highest BCUT2D eigenvalue weighted by atomic mass is 35.5. The van der Waals surface area contributed by atoms with Crippen LogP contribution in [-0.2, 0) is 19.4 Å². The number of hydrogen-bond acceptors (Lipinski definition) is 2. The highest BCUT2D eigenvalue weighted by Crippen LogP contribution is 2.29. The van der Waals surface area contributed by atoms with E-state index >= 15 is 0 Å². The Morgan fingerprint density at radius 1 is 1.14 bits per heavy atom. The number of benzene rings is 2. The molecule has 1 aliphatic carbocycles. The van der Waals surface area contributed by atoms with E-state index in [0.29, 0.717) is 17.4 Å². The van der Waals surface area contributed by atoms with E-state index in [0.717, 1.165) is 5.56 Å². The summed E-state index contributed by atoms with van der Waals surface area (Å²) in [5, 5.41) is 10.4. The molecule has 3 heteroatoms. The van der Waals surface area contributed by atoms with E-state index in [2.05, 4.69) is 18.2 Å². The molecule has 2 aromatic rings. The fourth-order valence-corrected chi connectivity index (χ4v) is 3.03. The van der Waals surface area contributed by atoms with Gasteiger partial charge in [0.05, 0.1) is 6.10 Å². The Labute approximate surface area is 130 Å². The first-order valence-electron chi connectivity index (χ1n) is 7.34. The van der Waals surface area contributed by atoms with Gasteiger partial charge in [0, 0.05) is 10.6 Å². The van der Waals surface area contributed by atoms with Crippen molar-refractivity contribution in [3.05, 3.63) is 63.7 Å². The van der Waals surface area contributed by atoms with Gasteiger partial charge in [-0.3, -0.25) is 0 Å². The highest BCUT2D eigenvalue weighted by Gasteiger charge is 2.13. The van der Waals surface area contributed by atoms with Crippen molar-refractivity contribution in [2.75, 3.05) is 0 Å². The van der Waals surface area contributed by atoms with Crippen LogP contribution in [0.1, 0.15) is 41.7 Å². The average molecular weight is 303 g/mol. The molecule has 3 rings (SSSR count). The number of aliphatic hydroxyl groups excluding tert-OH is 1. The summed E-state index contributed by atoms with van der Waals surface area (Å²) in [6.07, 6.45) is 3.02. The van der Waals surface area contributed by atoms with Gasteiger partial charge in [-0.2, -0.15) is 0 Å². The Kier molecular flexibility index (Phi) is 4.18. The largest absolute Gasteiger partial charge is 0.489 e. The molecule has 0 saturated carbocycles. The lowest BCUT2D eigenvalue weighted by Crippen LogP contribution is -2.01. The van der Waals surface area contributed by atoms with E-state index in [-0.39, 0.29) is 0 Å². The molecule has 1 aliphatic rings. The molecule has 0 amide bonds. The number of rotatable bonds is 4. The second kappa shape index (κ2) is 6.08. The van der Waals surface area contributed by atoms with Gasteiger partial charge in [0.15, 0.2) is 0 Å². The molecule has 0 unspecified atom stereocenters. The number of hydrogen-bond donors (Lipinski definition) is 1. The van der Waals surface area contributed by atoms with Gasteiger partial charge in [-0.05, 0) is 61.1 Å². The predicted molar refractivity (Wildman–Crippen MR) is 84.9 cm³/mol. The SMILES string of the molecule is C[C@H](O)c1cc(Cl)ccc1OCc1ccc2c(c1)CCC2. The second-order valence-electron chi connectivity index (χ2n) is 5.60. The molecule has 0 spiro atoms. The number of aryl methyl sites for hydroxylation is 2. The third kappa shape index (κ3) is 3.22. The molecule has 21 heavy (non-hydrogen) atoms. The van der Waals surface area contributed by atoms with Crippen LogP contribution in [-0.4, -0.2) is 5.11 Å². The van der Waals surface area contributed by atoms with Crippen LogP contribution in [0, 0.1) is 0 Å². The van der Waals surface area contributed by atoms with Crippen LogP contribution in [0.15, 0.2) is 36.4 Å². The third-order valence-electron chi connectivity index (χ3n) is 3.98. The minimum absolute atomic E-state index is 0.509. The minimum atomic E-state index is -0.598. The van der Waals surface area contributed by atoms with Crippen LogP contribution < -0.4 is 4.74 Å². The van der Waals surface area contributed by atoms with Crippen molar-refractivity contribution in [1.82, 2.24) is 0 Å². The molecule has 0 radical (unpaired) electrons. The summed E-state index contributed by atoms with van der Waals surface area (Å²) in [5.41, 5.74) is 4.81. The molecule has 0 bridgehead atoms. The number of ether oxygens (including phenoxy) is 1. The fourth-order valence-electron chi connectivity index (χ4n) is 2.85. The van der Waals surface area contributed by atoms with Crippen LogP contribution in [0.25, 0.3) is 0 Å². The van der Waals surface area contributed by atoms with Gasteiger partial charge >= 0.3 is 0 Å². The molecule has 0 fully saturated rings. The summed E-state index contributed by atoms with van der Waals surface area (Å²) in [6, 6.07) is 11.9. The van der Waals surface area contributed by atoms with Crippen LogP contribution in [0.3, 0.4) is 0 Å². The van der Waals surface area contributed by atoms with Gasteiger partial charge in [-0.15, -0.1) is 0 Å². The van der Waals surface area contributed by atoms with Crippen molar-refractivity contribution in [2.45, 2.75) is 38.9 Å². The van der Waals surface area contributed by atoms with Gasteiger partial charge in [0.2, 0.25) is 0 Å². The predicted octanol–water partition coefficient (Wildman–Crippen LogP) is 4.46. The van der Waals surface area contributed by atoms with Crippen LogP contribution in [0.2, 0.25) is 5.02 Å². The van der Waals surface area contributed by atoms with Crippen LogP contribution >= 0.6 is 11.6 Å². The van der Waals surface area contributed by atoms with Crippen molar-refractivity contribution in [2.24, 2.45) is 0 Å². The Morgan fingerprint density at radius 3 is 2.76 bits per heavy atom. The summed E-state index contributed by atoms with van der Waals surface area (Å²) < 4.78 is 5.88. The maximum atomic E-state index is 9.81. The van der Waals surface area contributed by atoms with Crippen molar-refractivity contribution in [3.63, 3.8) is 0 Å². The van der Waals surface area contributed by atoms with Gasteiger partial charge in [0.1, 0.15) is 12.4 Å². The summed E-state index contributed by atoms with van der Waals surface area (Å²) in [7, 11) is 0. The molecule has 1 N–H and O–H groups in total. The maximum absolute atomic E-state index is 9.81. The Hall–Kier alpha value is -1.51. The lowest BCUT2D eigenvalue weighted by atomic mass is 10.1. The van der Waals surface area contributed by atoms with Gasteiger partial charge in [-0.25, -0.2) is 0 Å². The van der Waals surface area contributed by atoms with Crippen molar-refractivity contribution >= 4 is 11.6 Å². The number of fused-ring (bicyclic) bond motifs is 1. The van der Waals surface area contributed by atoms with Crippen molar-refractivity contribution in [3.8, 4) is 5.75 Å². The molecule has 0 heterocycles. The van der Waals surface area contributed by atoms with E-state index in [1.807, 2.05) is 6.07 Å². The maximum Gasteiger partial charge on any atom is 0.125 e. The topological polar surface area (TPSA) is 29.5 Å². The van der Waals surface area contributed by atoms with E-state index < -0.39 is 6.10 Å². The average Bonchev–Trinajstić information content (AvgIpc) is 2.93. The van der Waals surface area contributed by atoms with E-state index in [1.54, 1.807) is 19.1 Å². The van der Waals surface area contributed by atoms with Gasteiger partial charge < -0.3 is 9.84 Å². The first kappa shape index (κ1) is 14.4. The van der Waals surface area contributed by atoms with E-state index in [4.69, 9.17) is 16.3 Å². The van der Waals surface area contributed by atoms with Crippen molar-refractivity contribution in [1.29, 1.82) is 0 Å². The summed E-state index contributed by atoms with van der Waals surface area (Å²) >= 11 is 5.98. The normalized spacial score (nSPS) is 14.8. The summed E-state index contributed by atoms with van der Waals surface area (Å²) in [5.74, 6) is 0.690. The lowest BCUT2D eigenvalue weighted by Gasteiger charge is -2.14. The zero-order valence-corrected chi connectivity index (χ0v) is 12.9. The second-order valence-corrected chi connectivity index (χ2v) is 6.04. The van der Waals surface area contributed by atoms with E-state index in [1.165, 1.54) is 36.0 Å². The molecular formula is C18H19ClO2. The Bertz CT molecular complexity index is 650. The number of halogens is 1. The van der Waals surface area contributed by atoms with Crippen LogP contribution in [0.5, 0.6) is 5.75 Å². The lowest BCUT2D eigenvalue weighted by molar-refractivity contribution is 0.190. The molecule has 2 nitrogen and oxygen atoms in total. The molecule has 0 aromatic heterocycles. The molecule has 0 saturated heterocycles. The standard InChI is InChI=1S/C18H19ClO2/c1-12(20)17-10-16(19)7-8-18(17)21-11-13-5-6-14-3-2-4-15(14)9-13/h5-10,12,20H,2-4,11H2,1H3/t12-/m0/s1. The molecule has 2 aromatic carbocycles. The first-order chi connectivity index (χ1) is 10.1. The summed E-state index contributed by atoms with van der Waals surface area (Å²) in [4.78, 5) is 0. The summed E-state index contributed by atoms with van der Waals surface area (Å²) in [6.45, 7) is 2.22. The minimum Gasteiger partial charge on any atom is -0.489 e. The number of aliphatic hydroxyl groups is 1. The smallest absolute Gasteiger partial charge is 0.125 e. The zero-order chi connectivity index (χ0) is 14.8. The zero-order valence-electron chi connectivity index (χ0n) is 12.1. The highest BCUT2D eigenvalue weighted by molar-refractivity contribution is 6.30. The van der Waals surface area contributed by atoms with Crippen LogP contribution in [0.4, 0.5) is 0 Å².